The fourth-order valence-corrected chi connectivity index (χ4v) is 3.05. The van der Waals surface area contributed by atoms with E-state index >= 15 is 0 Å². The molecule has 0 saturated carbocycles. The van der Waals surface area contributed by atoms with Gasteiger partial charge in [-0.2, -0.15) is 0 Å². The lowest BCUT2D eigenvalue weighted by Crippen LogP contribution is -2.57. The lowest BCUT2D eigenvalue weighted by atomic mass is 10.1. The Balaban J connectivity index is 1.59. The molecule has 8 nitrogen and oxygen atoms in total. The first-order valence-electron chi connectivity index (χ1n) is 8.91. The number of ether oxygens (including phenoxy) is 3. The van der Waals surface area contributed by atoms with E-state index in [1.54, 1.807) is 18.2 Å². The smallest absolute Gasteiger partial charge is 0.243 e. The van der Waals surface area contributed by atoms with Crippen molar-refractivity contribution in [3.8, 4) is 11.5 Å². The number of carbonyl (C=O) groups is 2. The minimum absolute atomic E-state index is 0.0192. The molecule has 1 aromatic carbocycles. The molecule has 142 valence electrons. The van der Waals surface area contributed by atoms with Crippen molar-refractivity contribution in [3.63, 3.8) is 0 Å². The Bertz CT molecular complexity index is 666. The van der Waals surface area contributed by atoms with E-state index in [0.717, 1.165) is 0 Å². The second kappa shape index (κ2) is 8.37. The monoisotopic (exact) mass is 363 g/mol. The standard InChI is InChI=1S/C18H25N3O5/c1-3-21(18(23)17-12(2)24-7-6-19-17)11-16(22)20-13-4-5-14-15(10-13)26-9-8-25-14/h4-5,10,12,17,19H,3,6-9,11H2,1-2H3,(H,20,22)/t12-,17+/m1/s1. The molecule has 2 atom stereocenters. The summed E-state index contributed by atoms with van der Waals surface area (Å²) in [5, 5.41) is 5.97. The Labute approximate surface area is 152 Å². The molecule has 2 amide bonds. The number of likely N-dealkylation sites (N-methyl/N-ethyl adjacent to an activating group) is 1. The topological polar surface area (TPSA) is 89.1 Å². The van der Waals surface area contributed by atoms with E-state index in [4.69, 9.17) is 14.2 Å². The predicted molar refractivity (Wildman–Crippen MR) is 95.5 cm³/mol. The van der Waals surface area contributed by atoms with Crippen molar-refractivity contribution >= 4 is 17.5 Å². The molecule has 1 saturated heterocycles. The van der Waals surface area contributed by atoms with Gasteiger partial charge in [0.25, 0.3) is 0 Å². The van der Waals surface area contributed by atoms with Crippen LogP contribution in [0.1, 0.15) is 13.8 Å². The lowest BCUT2D eigenvalue weighted by molar-refractivity contribution is -0.141. The van der Waals surface area contributed by atoms with Crippen molar-refractivity contribution < 1.29 is 23.8 Å². The number of carbonyl (C=O) groups excluding carboxylic acids is 2. The van der Waals surface area contributed by atoms with Crippen LogP contribution in [0, 0.1) is 0 Å². The number of amides is 2. The highest BCUT2D eigenvalue weighted by Gasteiger charge is 2.32. The van der Waals surface area contributed by atoms with E-state index in [1.807, 2.05) is 13.8 Å². The molecule has 2 aliphatic heterocycles. The maximum absolute atomic E-state index is 12.7. The first kappa shape index (κ1) is 18.5. The van der Waals surface area contributed by atoms with Gasteiger partial charge in [0, 0.05) is 24.8 Å². The zero-order chi connectivity index (χ0) is 18.5. The van der Waals surface area contributed by atoms with Crippen LogP contribution in [0.2, 0.25) is 0 Å². The normalized spacial score (nSPS) is 21.8. The fraction of sp³-hybridized carbons (Fsp3) is 0.556. The second-order valence-corrected chi connectivity index (χ2v) is 6.27. The van der Waals surface area contributed by atoms with Crippen molar-refractivity contribution in [2.24, 2.45) is 0 Å². The van der Waals surface area contributed by atoms with Crippen LogP contribution in [-0.4, -0.2) is 68.3 Å². The largest absolute Gasteiger partial charge is 0.486 e. The molecule has 3 rings (SSSR count). The molecule has 26 heavy (non-hydrogen) atoms. The van der Waals surface area contributed by atoms with Crippen molar-refractivity contribution in [2.45, 2.75) is 26.0 Å². The Morgan fingerprint density at radius 2 is 2.00 bits per heavy atom. The molecular weight excluding hydrogens is 338 g/mol. The third kappa shape index (κ3) is 4.25. The minimum atomic E-state index is -0.425. The van der Waals surface area contributed by atoms with E-state index < -0.39 is 6.04 Å². The van der Waals surface area contributed by atoms with Gasteiger partial charge in [0.15, 0.2) is 11.5 Å². The van der Waals surface area contributed by atoms with Crippen LogP contribution in [-0.2, 0) is 14.3 Å². The first-order chi connectivity index (χ1) is 12.6. The fourth-order valence-electron chi connectivity index (χ4n) is 3.05. The molecule has 0 aliphatic carbocycles. The van der Waals surface area contributed by atoms with Crippen molar-refractivity contribution in [1.29, 1.82) is 0 Å². The van der Waals surface area contributed by atoms with Gasteiger partial charge in [-0.3, -0.25) is 9.59 Å². The number of nitrogens with one attached hydrogen (secondary N) is 2. The third-order valence-electron chi connectivity index (χ3n) is 4.44. The molecule has 0 aromatic heterocycles. The number of benzene rings is 1. The van der Waals surface area contributed by atoms with Crippen molar-refractivity contribution in [3.05, 3.63) is 18.2 Å². The second-order valence-electron chi connectivity index (χ2n) is 6.27. The highest BCUT2D eigenvalue weighted by molar-refractivity contribution is 5.95. The zero-order valence-electron chi connectivity index (χ0n) is 15.1. The summed E-state index contributed by atoms with van der Waals surface area (Å²) in [5.41, 5.74) is 0.607. The third-order valence-corrected chi connectivity index (χ3v) is 4.44. The highest BCUT2D eigenvalue weighted by atomic mass is 16.6. The summed E-state index contributed by atoms with van der Waals surface area (Å²) in [4.78, 5) is 26.6. The van der Waals surface area contributed by atoms with E-state index in [-0.39, 0.29) is 24.5 Å². The lowest BCUT2D eigenvalue weighted by Gasteiger charge is -2.33. The van der Waals surface area contributed by atoms with Gasteiger partial charge in [0.05, 0.1) is 19.3 Å². The van der Waals surface area contributed by atoms with E-state index in [0.29, 0.717) is 50.1 Å². The van der Waals surface area contributed by atoms with Crippen LogP contribution in [0.5, 0.6) is 11.5 Å². The average Bonchev–Trinajstić information content (AvgIpc) is 2.66. The van der Waals surface area contributed by atoms with Gasteiger partial charge in [0.2, 0.25) is 11.8 Å². The predicted octanol–water partition coefficient (Wildman–Crippen LogP) is 0.622. The Hall–Kier alpha value is -2.32. The molecule has 2 N–H and O–H groups in total. The van der Waals surface area contributed by atoms with Gasteiger partial charge in [-0.25, -0.2) is 0 Å². The van der Waals surface area contributed by atoms with Crippen LogP contribution in [0.3, 0.4) is 0 Å². The molecule has 1 aromatic rings. The van der Waals surface area contributed by atoms with Gasteiger partial charge in [0.1, 0.15) is 19.3 Å². The van der Waals surface area contributed by atoms with Crippen molar-refractivity contribution in [2.75, 3.05) is 44.8 Å². The summed E-state index contributed by atoms with van der Waals surface area (Å²) in [7, 11) is 0. The quantitative estimate of drug-likeness (QED) is 0.797. The number of hydrogen-bond acceptors (Lipinski definition) is 6. The molecule has 0 bridgehead atoms. The summed E-state index contributed by atoms with van der Waals surface area (Å²) in [6, 6.07) is 4.81. The summed E-state index contributed by atoms with van der Waals surface area (Å²) in [6.45, 7) is 6.35. The van der Waals surface area contributed by atoms with E-state index in [9.17, 15) is 9.59 Å². The number of anilines is 1. The first-order valence-corrected chi connectivity index (χ1v) is 8.91. The summed E-state index contributed by atoms with van der Waals surface area (Å²) in [6.07, 6.45) is -0.217. The molecular formula is C18H25N3O5. The summed E-state index contributed by atoms with van der Waals surface area (Å²) >= 11 is 0. The number of hydrogen-bond donors (Lipinski definition) is 2. The zero-order valence-corrected chi connectivity index (χ0v) is 15.1. The molecule has 0 unspecified atom stereocenters. The minimum Gasteiger partial charge on any atom is -0.486 e. The van der Waals surface area contributed by atoms with Gasteiger partial charge >= 0.3 is 0 Å². The van der Waals surface area contributed by atoms with E-state index in [1.165, 1.54) is 4.90 Å². The molecule has 1 fully saturated rings. The van der Waals surface area contributed by atoms with Crippen LogP contribution in [0.4, 0.5) is 5.69 Å². The average molecular weight is 363 g/mol. The number of rotatable bonds is 5. The van der Waals surface area contributed by atoms with E-state index in [2.05, 4.69) is 10.6 Å². The van der Waals surface area contributed by atoms with Gasteiger partial charge in [-0.1, -0.05) is 0 Å². The molecule has 0 spiro atoms. The summed E-state index contributed by atoms with van der Waals surface area (Å²) in [5.74, 6) is 0.880. The van der Waals surface area contributed by atoms with Crippen molar-refractivity contribution in [1.82, 2.24) is 10.2 Å². The Kier molecular flexibility index (Phi) is 5.95. The maximum Gasteiger partial charge on any atom is 0.243 e. The summed E-state index contributed by atoms with van der Waals surface area (Å²) < 4.78 is 16.5. The van der Waals surface area contributed by atoms with Crippen LogP contribution in [0.15, 0.2) is 18.2 Å². The van der Waals surface area contributed by atoms with Gasteiger partial charge in [-0.05, 0) is 26.0 Å². The Morgan fingerprint density at radius 1 is 1.23 bits per heavy atom. The van der Waals surface area contributed by atoms with Crippen LogP contribution >= 0.6 is 0 Å². The SMILES string of the molecule is CCN(CC(=O)Nc1ccc2c(c1)OCCO2)C(=O)[C@H]1NCCO[C@@H]1C. The van der Waals surface area contributed by atoms with Crippen LogP contribution in [0.25, 0.3) is 0 Å². The highest BCUT2D eigenvalue weighted by Crippen LogP contribution is 2.32. The molecule has 0 radical (unpaired) electrons. The number of nitrogens with zero attached hydrogens (tertiary/aromatic N) is 1. The molecule has 2 aliphatic rings. The molecule has 2 heterocycles. The van der Waals surface area contributed by atoms with Crippen LogP contribution < -0.4 is 20.1 Å². The molecule has 8 heteroatoms. The maximum atomic E-state index is 12.7. The number of morpholine rings is 1. The Morgan fingerprint density at radius 3 is 2.73 bits per heavy atom. The van der Waals surface area contributed by atoms with Gasteiger partial charge < -0.3 is 29.7 Å². The van der Waals surface area contributed by atoms with Gasteiger partial charge in [-0.15, -0.1) is 0 Å². The number of fused-ring (bicyclic) bond motifs is 1.